The second-order valence-corrected chi connectivity index (χ2v) is 8.44. The topological polar surface area (TPSA) is 41.6 Å². The highest BCUT2D eigenvalue weighted by Gasteiger charge is 2.21. The number of fused-ring (bicyclic) bond motifs is 1. The third-order valence-corrected chi connectivity index (χ3v) is 5.51. The number of carbonyl (C=O) groups excluding carboxylic acids is 1. The number of carbonyl (C=O) groups is 1. The number of halogens is 1. The molecule has 1 N–H and O–H groups in total. The van der Waals surface area contributed by atoms with Crippen molar-refractivity contribution in [2.45, 2.75) is 6.42 Å². The Balaban J connectivity index is 1.42. The number of benzene rings is 3. The van der Waals surface area contributed by atoms with E-state index in [2.05, 4.69) is 30.4 Å². The predicted molar refractivity (Wildman–Crippen MR) is 123 cm³/mol. The van der Waals surface area contributed by atoms with Gasteiger partial charge in [-0.25, -0.2) is 0 Å². The molecule has 1 atom stereocenters. The molecule has 1 heterocycles. The average molecular weight is 421 g/mol. The van der Waals surface area contributed by atoms with E-state index in [1.165, 1.54) is 5.56 Å². The van der Waals surface area contributed by atoms with E-state index in [-0.39, 0.29) is 5.91 Å². The van der Waals surface area contributed by atoms with E-state index in [9.17, 15) is 4.79 Å². The zero-order valence-corrected chi connectivity index (χ0v) is 17.9. The number of hydrogen-bond acceptors (Lipinski definition) is 3. The Kier molecular flexibility index (Phi) is 6.07. The Morgan fingerprint density at radius 2 is 1.70 bits per heavy atom. The first-order valence-electron chi connectivity index (χ1n) is 10.1. The van der Waals surface area contributed by atoms with Crippen molar-refractivity contribution in [3.05, 3.63) is 82.9 Å². The van der Waals surface area contributed by atoms with E-state index in [1.54, 1.807) is 0 Å². The van der Waals surface area contributed by atoms with Crippen molar-refractivity contribution in [1.29, 1.82) is 0 Å². The summed E-state index contributed by atoms with van der Waals surface area (Å²) in [5.74, 6) is 1.21. The van der Waals surface area contributed by atoms with Gasteiger partial charge in [-0.15, -0.1) is 0 Å². The van der Waals surface area contributed by atoms with Crippen molar-refractivity contribution in [2.24, 2.45) is 5.92 Å². The molecule has 4 nitrogen and oxygen atoms in total. The van der Waals surface area contributed by atoms with Crippen molar-refractivity contribution >= 4 is 23.2 Å². The Labute approximate surface area is 182 Å². The van der Waals surface area contributed by atoms with Crippen LogP contribution in [0.15, 0.2) is 66.7 Å². The summed E-state index contributed by atoms with van der Waals surface area (Å²) in [6.07, 6.45) is 0.994. The maximum Gasteiger partial charge on any atom is 0.255 e. The standard InChI is InChI=1S/C25H25ClN2O2/c1-28(2)15-17-13-21-9-12-23(14-24(21)30-16-17)27-25(29)20-5-3-18(4-6-20)19-7-10-22(26)11-8-19/h3-12,14,17H,13,15-16H2,1-2H3,(H,27,29). The van der Waals surface area contributed by atoms with Crippen LogP contribution in [0.4, 0.5) is 5.69 Å². The van der Waals surface area contributed by atoms with E-state index in [4.69, 9.17) is 16.3 Å². The quantitative estimate of drug-likeness (QED) is 0.603. The molecule has 30 heavy (non-hydrogen) atoms. The van der Waals surface area contributed by atoms with Crippen LogP contribution in [0.1, 0.15) is 15.9 Å². The number of nitrogens with one attached hydrogen (secondary N) is 1. The zero-order chi connectivity index (χ0) is 21.1. The second kappa shape index (κ2) is 8.90. The Morgan fingerprint density at radius 3 is 2.37 bits per heavy atom. The van der Waals surface area contributed by atoms with Gasteiger partial charge in [-0.05, 0) is 67.5 Å². The molecule has 4 rings (SSSR count). The summed E-state index contributed by atoms with van der Waals surface area (Å²) in [7, 11) is 4.16. The van der Waals surface area contributed by atoms with Gasteiger partial charge in [0.1, 0.15) is 5.75 Å². The van der Waals surface area contributed by atoms with Crippen LogP contribution in [-0.2, 0) is 6.42 Å². The van der Waals surface area contributed by atoms with Gasteiger partial charge in [-0.1, -0.05) is 41.9 Å². The summed E-state index contributed by atoms with van der Waals surface area (Å²) in [5, 5.41) is 3.68. The van der Waals surface area contributed by atoms with Gasteiger partial charge in [-0.2, -0.15) is 0 Å². The number of hydrogen-bond donors (Lipinski definition) is 1. The molecule has 1 aliphatic heterocycles. The number of amides is 1. The van der Waals surface area contributed by atoms with Gasteiger partial charge >= 0.3 is 0 Å². The third kappa shape index (κ3) is 4.84. The minimum Gasteiger partial charge on any atom is -0.493 e. The Hall–Kier alpha value is -2.82. The first kappa shape index (κ1) is 20.5. The molecule has 1 unspecified atom stereocenters. The summed E-state index contributed by atoms with van der Waals surface area (Å²) in [6, 6.07) is 21.1. The maximum atomic E-state index is 12.7. The fourth-order valence-corrected chi connectivity index (χ4v) is 3.93. The highest BCUT2D eigenvalue weighted by atomic mass is 35.5. The Morgan fingerprint density at radius 1 is 1.03 bits per heavy atom. The van der Waals surface area contributed by atoms with Crippen LogP contribution in [0.5, 0.6) is 5.75 Å². The number of rotatable bonds is 5. The first-order valence-corrected chi connectivity index (χ1v) is 10.4. The molecule has 5 heteroatoms. The molecule has 0 aliphatic carbocycles. The van der Waals surface area contributed by atoms with Crippen molar-refractivity contribution in [3.8, 4) is 16.9 Å². The normalized spacial score (nSPS) is 15.4. The van der Waals surface area contributed by atoms with Crippen molar-refractivity contribution in [3.63, 3.8) is 0 Å². The summed E-state index contributed by atoms with van der Waals surface area (Å²) in [6.45, 7) is 1.71. The lowest BCUT2D eigenvalue weighted by Gasteiger charge is -2.27. The van der Waals surface area contributed by atoms with Gasteiger partial charge in [-0.3, -0.25) is 4.79 Å². The number of anilines is 1. The SMILES string of the molecule is CN(C)CC1COc2cc(NC(=O)c3ccc(-c4ccc(Cl)cc4)cc3)ccc2C1. The number of nitrogens with zero attached hydrogens (tertiary/aromatic N) is 1. The Bertz CT molecular complexity index is 1030. The summed E-state index contributed by atoms with van der Waals surface area (Å²) >= 11 is 5.95. The predicted octanol–water partition coefficient (Wildman–Crippen LogP) is 5.37. The highest BCUT2D eigenvalue weighted by Crippen LogP contribution is 2.30. The van der Waals surface area contributed by atoms with Crippen molar-refractivity contribution in [2.75, 3.05) is 32.6 Å². The largest absolute Gasteiger partial charge is 0.493 e. The van der Waals surface area contributed by atoms with E-state index >= 15 is 0 Å². The van der Waals surface area contributed by atoms with Gasteiger partial charge in [0.25, 0.3) is 5.91 Å². The monoisotopic (exact) mass is 420 g/mol. The fraction of sp³-hybridized carbons (Fsp3) is 0.240. The molecule has 3 aromatic carbocycles. The van der Waals surface area contributed by atoms with Gasteiger partial charge in [0.2, 0.25) is 0 Å². The van der Waals surface area contributed by atoms with Crippen LogP contribution >= 0.6 is 11.6 Å². The van der Waals surface area contributed by atoms with E-state index in [1.807, 2.05) is 60.7 Å². The molecule has 154 valence electrons. The summed E-state index contributed by atoms with van der Waals surface area (Å²) in [4.78, 5) is 14.9. The molecule has 0 saturated heterocycles. The highest BCUT2D eigenvalue weighted by molar-refractivity contribution is 6.30. The minimum atomic E-state index is -0.140. The van der Waals surface area contributed by atoms with Crippen LogP contribution in [-0.4, -0.2) is 38.1 Å². The molecular formula is C25H25ClN2O2. The molecular weight excluding hydrogens is 396 g/mol. The molecule has 0 aromatic heterocycles. The first-order chi connectivity index (χ1) is 14.5. The summed E-state index contributed by atoms with van der Waals surface area (Å²) < 4.78 is 5.95. The van der Waals surface area contributed by atoms with Crippen LogP contribution in [0.2, 0.25) is 5.02 Å². The van der Waals surface area contributed by atoms with Gasteiger partial charge in [0, 0.05) is 34.8 Å². The van der Waals surface area contributed by atoms with Crippen LogP contribution in [0, 0.1) is 5.92 Å². The molecule has 0 spiro atoms. The van der Waals surface area contributed by atoms with Gasteiger partial charge < -0.3 is 15.0 Å². The number of ether oxygens (including phenoxy) is 1. The van der Waals surface area contributed by atoms with Gasteiger partial charge in [0.05, 0.1) is 6.61 Å². The van der Waals surface area contributed by atoms with Crippen molar-refractivity contribution in [1.82, 2.24) is 4.90 Å². The second-order valence-electron chi connectivity index (χ2n) is 8.00. The summed E-state index contributed by atoms with van der Waals surface area (Å²) in [5.41, 5.74) is 4.64. The lowest BCUT2D eigenvalue weighted by Crippen LogP contribution is -2.30. The molecule has 1 aliphatic rings. The van der Waals surface area contributed by atoms with Crippen molar-refractivity contribution < 1.29 is 9.53 Å². The van der Waals surface area contributed by atoms with E-state index in [0.717, 1.165) is 35.5 Å². The maximum absolute atomic E-state index is 12.7. The lowest BCUT2D eigenvalue weighted by molar-refractivity contribution is 0.102. The fourth-order valence-electron chi connectivity index (χ4n) is 3.81. The average Bonchev–Trinajstić information content (AvgIpc) is 2.74. The molecule has 0 fully saturated rings. The van der Waals surface area contributed by atoms with Gasteiger partial charge in [0.15, 0.2) is 0 Å². The van der Waals surface area contributed by atoms with E-state index in [0.29, 0.717) is 23.1 Å². The van der Waals surface area contributed by atoms with Crippen LogP contribution in [0.3, 0.4) is 0 Å². The molecule has 0 radical (unpaired) electrons. The van der Waals surface area contributed by atoms with Crippen LogP contribution < -0.4 is 10.1 Å². The van der Waals surface area contributed by atoms with Crippen LogP contribution in [0.25, 0.3) is 11.1 Å². The minimum absolute atomic E-state index is 0.140. The molecule has 0 saturated carbocycles. The zero-order valence-electron chi connectivity index (χ0n) is 17.2. The molecule has 0 bridgehead atoms. The smallest absolute Gasteiger partial charge is 0.255 e. The van der Waals surface area contributed by atoms with E-state index < -0.39 is 0 Å². The lowest BCUT2D eigenvalue weighted by atomic mass is 9.96. The third-order valence-electron chi connectivity index (χ3n) is 5.26. The molecule has 1 amide bonds. The molecule has 3 aromatic rings.